The molecule has 1 fully saturated rings. The molecule has 0 unspecified atom stereocenters. The number of hydrogen-bond donors (Lipinski definition) is 1. The van der Waals surface area contributed by atoms with Crippen LogP contribution < -0.4 is 0 Å². The monoisotopic (exact) mass is 274 g/mol. The second-order valence-corrected chi connectivity index (χ2v) is 4.87. The smallest absolute Gasteiger partial charge is 0.356 e. The van der Waals surface area contributed by atoms with E-state index in [9.17, 15) is 14.7 Å². The van der Waals surface area contributed by atoms with Gasteiger partial charge >= 0.3 is 11.9 Å². The minimum atomic E-state index is -1.09. The molecule has 3 rings (SSSR count). The molecule has 2 aromatic rings. The third-order valence-electron chi connectivity index (χ3n) is 3.76. The number of carboxylic acids is 1. The van der Waals surface area contributed by atoms with Gasteiger partial charge in [-0.3, -0.25) is 4.40 Å². The van der Waals surface area contributed by atoms with Gasteiger partial charge in [-0.2, -0.15) is 0 Å². The van der Waals surface area contributed by atoms with Gasteiger partial charge in [0.25, 0.3) is 0 Å². The van der Waals surface area contributed by atoms with Crippen LogP contribution in [0.15, 0.2) is 18.2 Å². The fourth-order valence-corrected chi connectivity index (χ4v) is 2.52. The number of aromatic carboxylic acids is 1. The number of carbonyl (C=O) groups excluding carboxylic acids is 1. The number of carboxylic acid groups (broad SMARTS) is 1. The summed E-state index contributed by atoms with van der Waals surface area (Å²) in [7, 11) is 1.30. The number of nitrogens with zero attached hydrogens (tertiary/aromatic N) is 2. The maximum Gasteiger partial charge on any atom is 0.356 e. The van der Waals surface area contributed by atoms with Crippen molar-refractivity contribution in [3.8, 4) is 0 Å². The lowest BCUT2D eigenvalue weighted by Gasteiger charge is -2.24. The number of carbonyl (C=O) groups is 2. The lowest BCUT2D eigenvalue weighted by Crippen LogP contribution is -2.16. The molecule has 0 spiro atoms. The fourth-order valence-electron chi connectivity index (χ4n) is 2.52. The predicted octanol–water partition coefficient (Wildman–Crippen LogP) is 2.09. The van der Waals surface area contributed by atoms with Crippen molar-refractivity contribution in [2.45, 2.75) is 25.2 Å². The molecular formula is C14H14N2O4. The quantitative estimate of drug-likeness (QED) is 0.867. The number of pyridine rings is 1. The molecule has 6 nitrogen and oxygen atoms in total. The van der Waals surface area contributed by atoms with Crippen molar-refractivity contribution in [3.63, 3.8) is 0 Å². The molecule has 1 aliphatic rings. The Morgan fingerprint density at radius 1 is 1.40 bits per heavy atom. The van der Waals surface area contributed by atoms with Crippen LogP contribution in [-0.2, 0) is 4.74 Å². The summed E-state index contributed by atoms with van der Waals surface area (Å²) in [6, 6.07) is 4.92. The van der Waals surface area contributed by atoms with Crippen molar-refractivity contribution >= 4 is 17.5 Å². The van der Waals surface area contributed by atoms with Gasteiger partial charge in [0.2, 0.25) is 0 Å². The van der Waals surface area contributed by atoms with E-state index in [4.69, 9.17) is 4.74 Å². The molecule has 1 N–H and O–H groups in total. The molecule has 1 aliphatic carbocycles. The van der Waals surface area contributed by atoms with Gasteiger partial charge < -0.3 is 9.84 Å². The van der Waals surface area contributed by atoms with Gasteiger partial charge in [0, 0.05) is 5.92 Å². The molecule has 2 aromatic heterocycles. The van der Waals surface area contributed by atoms with Gasteiger partial charge in [0.15, 0.2) is 5.69 Å². The number of imidazole rings is 1. The van der Waals surface area contributed by atoms with E-state index in [1.165, 1.54) is 7.11 Å². The van der Waals surface area contributed by atoms with Crippen LogP contribution in [0.1, 0.15) is 52.0 Å². The first kappa shape index (κ1) is 12.7. The minimum absolute atomic E-state index is 0.0161. The highest BCUT2D eigenvalue weighted by Gasteiger charge is 2.29. The van der Waals surface area contributed by atoms with E-state index in [1.54, 1.807) is 22.6 Å². The van der Waals surface area contributed by atoms with Gasteiger partial charge in [-0.15, -0.1) is 0 Å². The molecule has 1 saturated carbocycles. The molecule has 0 aliphatic heterocycles. The van der Waals surface area contributed by atoms with E-state index in [2.05, 4.69) is 4.98 Å². The Morgan fingerprint density at radius 3 is 2.70 bits per heavy atom. The number of rotatable bonds is 3. The van der Waals surface area contributed by atoms with Gasteiger partial charge in [0.05, 0.1) is 12.6 Å². The van der Waals surface area contributed by atoms with Crippen molar-refractivity contribution in [1.29, 1.82) is 0 Å². The summed E-state index contributed by atoms with van der Waals surface area (Å²) in [6.07, 6.45) is 3.03. The van der Waals surface area contributed by atoms with Crippen LogP contribution >= 0.6 is 0 Å². The van der Waals surface area contributed by atoms with Crippen LogP contribution in [-0.4, -0.2) is 33.5 Å². The van der Waals surface area contributed by atoms with Crippen LogP contribution in [0.5, 0.6) is 0 Å². The normalized spacial score (nSPS) is 15.1. The van der Waals surface area contributed by atoms with E-state index in [0.29, 0.717) is 17.0 Å². The van der Waals surface area contributed by atoms with Gasteiger partial charge in [-0.25, -0.2) is 14.6 Å². The van der Waals surface area contributed by atoms with Crippen LogP contribution in [0, 0.1) is 0 Å². The molecule has 0 radical (unpaired) electrons. The molecule has 104 valence electrons. The Hall–Kier alpha value is -2.37. The van der Waals surface area contributed by atoms with Gasteiger partial charge in [0.1, 0.15) is 11.5 Å². The summed E-state index contributed by atoms with van der Waals surface area (Å²) < 4.78 is 6.39. The first-order valence-corrected chi connectivity index (χ1v) is 6.46. The molecule has 0 saturated heterocycles. The minimum Gasteiger partial charge on any atom is -0.476 e. The second kappa shape index (κ2) is 4.63. The molecule has 0 atom stereocenters. The Morgan fingerprint density at radius 2 is 2.15 bits per heavy atom. The van der Waals surface area contributed by atoms with E-state index < -0.39 is 11.9 Å². The Balaban J connectivity index is 2.30. The van der Waals surface area contributed by atoms with Crippen molar-refractivity contribution in [1.82, 2.24) is 9.38 Å². The molecule has 0 amide bonds. The van der Waals surface area contributed by atoms with Crippen molar-refractivity contribution in [2.75, 3.05) is 7.11 Å². The average molecular weight is 274 g/mol. The second-order valence-electron chi connectivity index (χ2n) is 4.87. The number of fused-ring (bicyclic) bond motifs is 1. The topological polar surface area (TPSA) is 80.9 Å². The third kappa shape index (κ3) is 1.76. The van der Waals surface area contributed by atoms with Crippen molar-refractivity contribution in [2.24, 2.45) is 0 Å². The van der Waals surface area contributed by atoms with Crippen molar-refractivity contribution in [3.05, 3.63) is 35.4 Å². The summed E-state index contributed by atoms with van der Waals surface area (Å²) in [6.45, 7) is 0. The van der Waals surface area contributed by atoms with E-state index >= 15 is 0 Å². The number of esters is 1. The zero-order valence-corrected chi connectivity index (χ0v) is 11.0. The Labute approximate surface area is 115 Å². The average Bonchev–Trinajstić information content (AvgIpc) is 2.75. The molecule has 20 heavy (non-hydrogen) atoms. The van der Waals surface area contributed by atoms with E-state index in [-0.39, 0.29) is 11.6 Å². The van der Waals surface area contributed by atoms with Crippen LogP contribution in [0.2, 0.25) is 0 Å². The third-order valence-corrected chi connectivity index (χ3v) is 3.76. The lowest BCUT2D eigenvalue weighted by molar-refractivity contribution is 0.0590. The first-order valence-electron chi connectivity index (χ1n) is 6.46. The molecule has 2 heterocycles. The van der Waals surface area contributed by atoms with E-state index in [0.717, 1.165) is 19.3 Å². The summed E-state index contributed by atoms with van der Waals surface area (Å²) >= 11 is 0. The highest BCUT2D eigenvalue weighted by Crippen LogP contribution is 2.37. The summed E-state index contributed by atoms with van der Waals surface area (Å²) in [5, 5.41) is 9.26. The predicted molar refractivity (Wildman–Crippen MR) is 70.1 cm³/mol. The Kier molecular flexibility index (Phi) is 2.93. The zero-order chi connectivity index (χ0) is 14.3. The Bertz CT molecular complexity index is 701. The highest BCUT2D eigenvalue weighted by atomic mass is 16.5. The van der Waals surface area contributed by atoms with Crippen LogP contribution in [0.4, 0.5) is 0 Å². The largest absolute Gasteiger partial charge is 0.476 e. The molecule has 0 bridgehead atoms. The summed E-state index contributed by atoms with van der Waals surface area (Å²) in [4.78, 5) is 27.4. The summed E-state index contributed by atoms with van der Waals surface area (Å²) in [5.41, 5.74) is 0.729. The number of aromatic nitrogens is 2. The van der Waals surface area contributed by atoms with Crippen molar-refractivity contribution < 1.29 is 19.4 Å². The number of ether oxygens (including phenoxy) is 1. The maximum atomic E-state index is 11.9. The number of hydrogen-bond acceptors (Lipinski definition) is 4. The van der Waals surface area contributed by atoms with Gasteiger partial charge in [-0.05, 0) is 25.0 Å². The van der Waals surface area contributed by atoms with E-state index in [1.807, 2.05) is 0 Å². The lowest BCUT2D eigenvalue weighted by atomic mass is 9.85. The number of methoxy groups -OCH3 is 1. The van der Waals surface area contributed by atoms with Crippen LogP contribution in [0.3, 0.4) is 0 Å². The highest BCUT2D eigenvalue weighted by molar-refractivity contribution is 5.96. The maximum absolute atomic E-state index is 11.9. The fraction of sp³-hybridized carbons (Fsp3) is 0.357. The zero-order valence-electron chi connectivity index (χ0n) is 11.0. The van der Waals surface area contributed by atoms with Crippen LogP contribution in [0.25, 0.3) is 5.52 Å². The van der Waals surface area contributed by atoms with Gasteiger partial charge in [-0.1, -0.05) is 12.5 Å². The molecular weight excluding hydrogens is 260 g/mol. The first-order chi connectivity index (χ1) is 9.63. The standard InChI is InChI=1S/C14H14N2O4/c1-20-14(19)10-7-3-6-9-11(13(17)18)15-12(16(9)10)8-4-2-5-8/h3,6-8H,2,4-5H2,1H3,(H,17,18). The molecule has 0 aromatic carbocycles. The summed E-state index contributed by atoms with van der Waals surface area (Å²) in [5.74, 6) is -0.730. The SMILES string of the molecule is COC(=O)c1cccc2c(C(=O)O)nc(C3CCC3)n12. The molecule has 6 heteroatoms.